The molecule has 0 saturated carbocycles. The molecule has 0 radical (unpaired) electrons. The van der Waals surface area contributed by atoms with Gasteiger partial charge in [-0.1, -0.05) is 31.9 Å². The zero-order valence-electron chi connectivity index (χ0n) is 8.72. The van der Waals surface area contributed by atoms with E-state index in [1.165, 1.54) is 30.6 Å². The molecular formula is C12H18N2. The van der Waals surface area contributed by atoms with Crippen molar-refractivity contribution >= 4 is 11.4 Å². The van der Waals surface area contributed by atoms with Crippen molar-refractivity contribution in [3.63, 3.8) is 0 Å². The Bertz CT molecular complexity index is 296. The van der Waals surface area contributed by atoms with Crippen LogP contribution in [0.2, 0.25) is 0 Å². The van der Waals surface area contributed by atoms with Gasteiger partial charge in [0.15, 0.2) is 0 Å². The van der Waals surface area contributed by atoms with Gasteiger partial charge in [0.1, 0.15) is 0 Å². The van der Waals surface area contributed by atoms with E-state index in [1.807, 2.05) is 0 Å². The summed E-state index contributed by atoms with van der Waals surface area (Å²) < 4.78 is 0. The second kappa shape index (κ2) is 4.36. The highest BCUT2D eigenvalue weighted by Gasteiger charge is 2.15. The molecule has 2 nitrogen and oxygen atoms in total. The molecule has 2 heteroatoms. The van der Waals surface area contributed by atoms with Crippen molar-refractivity contribution in [2.45, 2.75) is 32.2 Å². The first-order valence-electron chi connectivity index (χ1n) is 5.49. The minimum absolute atomic E-state index is 0.602. The summed E-state index contributed by atoms with van der Waals surface area (Å²) in [5, 5.41) is 7.03. The Kier molecular flexibility index (Phi) is 2.92. The van der Waals surface area contributed by atoms with Crippen molar-refractivity contribution in [2.24, 2.45) is 0 Å². The Balaban J connectivity index is 1.99. The van der Waals surface area contributed by atoms with Crippen LogP contribution in [0.25, 0.3) is 0 Å². The molecule has 1 aromatic rings. The molecule has 0 fully saturated rings. The number of hydrogen-bond donors (Lipinski definition) is 2. The molecule has 1 atom stereocenters. The molecule has 76 valence electrons. The SMILES string of the molecule is CCCC[C@H]1CNc2ccccc2N1. The zero-order chi connectivity index (χ0) is 9.80. The van der Waals surface area contributed by atoms with Crippen LogP contribution in [0.4, 0.5) is 11.4 Å². The van der Waals surface area contributed by atoms with Crippen LogP contribution < -0.4 is 10.6 Å². The van der Waals surface area contributed by atoms with E-state index in [1.54, 1.807) is 0 Å². The van der Waals surface area contributed by atoms with Gasteiger partial charge in [-0.25, -0.2) is 0 Å². The van der Waals surface area contributed by atoms with E-state index in [2.05, 4.69) is 41.8 Å². The van der Waals surface area contributed by atoms with E-state index >= 15 is 0 Å². The fourth-order valence-electron chi connectivity index (χ4n) is 1.89. The monoisotopic (exact) mass is 190 g/mol. The molecule has 1 aliphatic heterocycles. The van der Waals surface area contributed by atoms with Gasteiger partial charge in [0, 0.05) is 12.6 Å². The molecule has 1 heterocycles. The van der Waals surface area contributed by atoms with Crippen molar-refractivity contribution in [3.05, 3.63) is 24.3 Å². The third-order valence-corrected chi connectivity index (χ3v) is 2.73. The van der Waals surface area contributed by atoms with Crippen molar-refractivity contribution in [3.8, 4) is 0 Å². The van der Waals surface area contributed by atoms with E-state index in [9.17, 15) is 0 Å². The molecule has 14 heavy (non-hydrogen) atoms. The van der Waals surface area contributed by atoms with Gasteiger partial charge in [0.25, 0.3) is 0 Å². The highest BCUT2D eigenvalue weighted by molar-refractivity contribution is 5.70. The van der Waals surface area contributed by atoms with Crippen LogP contribution in [-0.2, 0) is 0 Å². The normalized spacial score (nSPS) is 19.4. The van der Waals surface area contributed by atoms with E-state index in [0.29, 0.717) is 6.04 Å². The smallest absolute Gasteiger partial charge is 0.0578 e. The highest BCUT2D eigenvalue weighted by atomic mass is 15.1. The van der Waals surface area contributed by atoms with Crippen LogP contribution >= 0.6 is 0 Å². The number of fused-ring (bicyclic) bond motifs is 1. The van der Waals surface area contributed by atoms with Crippen LogP contribution in [-0.4, -0.2) is 12.6 Å². The molecule has 0 unspecified atom stereocenters. The maximum absolute atomic E-state index is 3.57. The quantitative estimate of drug-likeness (QED) is 0.765. The highest BCUT2D eigenvalue weighted by Crippen LogP contribution is 2.26. The summed E-state index contributed by atoms with van der Waals surface area (Å²) in [5.74, 6) is 0. The molecule has 0 aromatic heterocycles. The molecule has 2 rings (SSSR count). The first-order chi connectivity index (χ1) is 6.90. The number of para-hydroxylation sites is 2. The number of benzene rings is 1. The van der Waals surface area contributed by atoms with E-state index in [0.717, 1.165) is 6.54 Å². The van der Waals surface area contributed by atoms with E-state index < -0.39 is 0 Å². The van der Waals surface area contributed by atoms with Crippen LogP contribution in [0.5, 0.6) is 0 Å². The minimum atomic E-state index is 0.602. The van der Waals surface area contributed by atoms with Gasteiger partial charge in [0.2, 0.25) is 0 Å². The summed E-state index contributed by atoms with van der Waals surface area (Å²) in [6, 6.07) is 9.01. The van der Waals surface area contributed by atoms with Crippen LogP contribution in [0.3, 0.4) is 0 Å². The van der Waals surface area contributed by atoms with Crippen LogP contribution in [0.1, 0.15) is 26.2 Å². The summed E-state index contributed by atoms with van der Waals surface area (Å²) in [6.45, 7) is 3.29. The van der Waals surface area contributed by atoms with E-state index in [-0.39, 0.29) is 0 Å². The van der Waals surface area contributed by atoms with Gasteiger partial charge in [0.05, 0.1) is 11.4 Å². The average Bonchev–Trinajstić information content (AvgIpc) is 2.26. The largest absolute Gasteiger partial charge is 0.381 e. The predicted molar refractivity (Wildman–Crippen MR) is 61.9 cm³/mol. The van der Waals surface area contributed by atoms with Crippen molar-refractivity contribution in [1.29, 1.82) is 0 Å². The van der Waals surface area contributed by atoms with Crippen molar-refractivity contribution in [2.75, 3.05) is 17.2 Å². The lowest BCUT2D eigenvalue weighted by molar-refractivity contribution is 0.620. The lowest BCUT2D eigenvalue weighted by Gasteiger charge is -2.28. The fourth-order valence-corrected chi connectivity index (χ4v) is 1.89. The number of anilines is 2. The molecule has 0 bridgehead atoms. The Morgan fingerprint density at radius 2 is 2.07 bits per heavy atom. The third-order valence-electron chi connectivity index (χ3n) is 2.73. The molecule has 1 aromatic carbocycles. The molecular weight excluding hydrogens is 172 g/mol. The summed E-state index contributed by atoms with van der Waals surface area (Å²) in [7, 11) is 0. The molecule has 1 aliphatic rings. The van der Waals surface area contributed by atoms with Gasteiger partial charge in [-0.3, -0.25) is 0 Å². The first kappa shape index (κ1) is 9.38. The Labute approximate surface area is 85.7 Å². The molecule has 0 aliphatic carbocycles. The number of nitrogens with one attached hydrogen (secondary N) is 2. The maximum atomic E-state index is 3.57. The molecule has 0 spiro atoms. The van der Waals surface area contributed by atoms with Crippen molar-refractivity contribution < 1.29 is 0 Å². The zero-order valence-corrected chi connectivity index (χ0v) is 8.72. The van der Waals surface area contributed by atoms with Crippen LogP contribution in [0.15, 0.2) is 24.3 Å². The summed E-state index contributed by atoms with van der Waals surface area (Å²) in [6.07, 6.45) is 3.85. The third kappa shape index (κ3) is 2.00. The molecule has 2 N–H and O–H groups in total. The topological polar surface area (TPSA) is 24.1 Å². The summed E-state index contributed by atoms with van der Waals surface area (Å²) >= 11 is 0. The summed E-state index contributed by atoms with van der Waals surface area (Å²) in [5.41, 5.74) is 2.49. The van der Waals surface area contributed by atoms with Gasteiger partial charge in [-0.2, -0.15) is 0 Å². The van der Waals surface area contributed by atoms with Gasteiger partial charge >= 0.3 is 0 Å². The second-order valence-corrected chi connectivity index (χ2v) is 3.91. The number of hydrogen-bond acceptors (Lipinski definition) is 2. The second-order valence-electron chi connectivity index (χ2n) is 3.91. The number of rotatable bonds is 3. The first-order valence-corrected chi connectivity index (χ1v) is 5.49. The lowest BCUT2D eigenvalue weighted by atomic mass is 10.1. The summed E-state index contributed by atoms with van der Waals surface area (Å²) in [4.78, 5) is 0. The molecule has 0 saturated heterocycles. The molecule has 0 amide bonds. The van der Waals surface area contributed by atoms with Crippen molar-refractivity contribution in [1.82, 2.24) is 0 Å². The van der Waals surface area contributed by atoms with Gasteiger partial charge < -0.3 is 10.6 Å². The maximum Gasteiger partial charge on any atom is 0.0578 e. The average molecular weight is 190 g/mol. The van der Waals surface area contributed by atoms with Gasteiger partial charge in [-0.15, -0.1) is 0 Å². The fraction of sp³-hybridized carbons (Fsp3) is 0.500. The Morgan fingerprint density at radius 3 is 2.86 bits per heavy atom. The Hall–Kier alpha value is -1.18. The Morgan fingerprint density at radius 1 is 1.29 bits per heavy atom. The predicted octanol–water partition coefficient (Wildman–Crippen LogP) is 3.08. The lowest BCUT2D eigenvalue weighted by Crippen LogP contribution is -2.32. The standard InChI is InChI=1S/C12H18N2/c1-2-3-6-10-9-13-11-7-4-5-8-12(11)14-10/h4-5,7-8,10,13-14H,2-3,6,9H2,1H3/t10-/m0/s1. The van der Waals surface area contributed by atoms with Gasteiger partial charge in [-0.05, 0) is 18.6 Å². The minimum Gasteiger partial charge on any atom is -0.381 e. The van der Waals surface area contributed by atoms with Crippen LogP contribution in [0, 0.1) is 0 Å². The number of unbranched alkanes of at least 4 members (excludes halogenated alkanes) is 1. The van der Waals surface area contributed by atoms with E-state index in [4.69, 9.17) is 0 Å².